The zero-order valence-corrected chi connectivity index (χ0v) is 19.2. The van der Waals surface area contributed by atoms with E-state index in [1.807, 2.05) is 0 Å². The van der Waals surface area contributed by atoms with Crippen molar-refractivity contribution in [2.75, 3.05) is 38.7 Å². The monoisotopic (exact) mass is 464 g/mol. The number of benzene rings is 2. The fraction of sp³-hybridized carbons (Fsp3) is 0.400. The zero-order valence-electron chi connectivity index (χ0n) is 19.2. The van der Waals surface area contributed by atoms with Crippen molar-refractivity contribution in [1.29, 1.82) is 0 Å². The molecule has 33 heavy (non-hydrogen) atoms. The number of hydrogen-bond acceptors (Lipinski definition) is 4. The summed E-state index contributed by atoms with van der Waals surface area (Å²) in [7, 11) is 1.55. The first-order chi connectivity index (χ1) is 15.8. The Labute approximate surface area is 193 Å². The Kier molecular flexibility index (Phi) is 10.3. The Morgan fingerprint density at radius 2 is 1.67 bits per heavy atom. The Balaban J connectivity index is 1.98. The van der Waals surface area contributed by atoms with Crippen molar-refractivity contribution >= 4 is 17.7 Å². The van der Waals surface area contributed by atoms with Gasteiger partial charge in [-0.05, 0) is 61.8 Å². The van der Waals surface area contributed by atoms with E-state index >= 15 is 0 Å². The van der Waals surface area contributed by atoms with E-state index in [0.717, 1.165) is 44.6 Å². The predicted octanol–water partition coefficient (Wildman–Crippen LogP) is 5.87. The van der Waals surface area contributed by atoms with Gasteiger partial charge in [0.2, 0.25) is 5.91 Å². The highest BCUT2D eigenvalue weighted by Gasteiger charge is 2.29. The number of ether oxygens (including phenoxy) is 2. The number of anilines is 1. The number of hydrogen-bond donors (Lipinski definition) is 1. The molecule has 0 saturated carbocycles. The molecular formula is C25H31F3N2O3. The molecule has 0 heterocycles. The summed E-state index contributed by atoms with van der Waals surface area (Å²) in [6.45, 7) is 7.58. The van der Waals surface area contributed by atoms with Gasteiger partial charge in [0.15, 0.2) is 11.5 Å². The molecule has 0 aromatic heterocycles. The lowest BCUT2D eigenvalue weighted by Crippen LogP contribution is -2.30. The number of methoxy groups -OCH3 is 1. The third kappa shape index (κ3) is 8.81. The maximum atomic E-state index is 12.6. The minimum Gasteiger partial charge on any atom is -0.493 e. The summed E-state index contributed by atoms with van der Waals surface area (Å²) in [4.78, 5) is 14.6. The summed E-state index contributed by atoms with van der Waals surface area (Å²) in [5.41, 5.74) is 0.273. The molecule has 0 aliphatic rings. The van der Waals surface area contributed by atoms with Gasteiger partial charge in [-0.15, -0.1) is 0 Å². The molecule has 0 spiro atoms. The maximum absolute atomic E-state index is 12.6. The number of nitrogens with zero attached hydrogens (tertiary/aromatic N) is 1. The summed E-state index contributed by atoms with van der Waals surface area (Å²) in [5.74, 6) is 0.670. The molecule has 0 unspecified atom stereocenters. The van der Waals surface area contributed by atoms with Gasteiger partial charge in [-0.2, -0.15) is 13.2 Å². The second-order valence-electron chi connectivity index (χ2n) is 7.50. The van der Waals surface area contributed by atoms with Crippen LogP contribution in [0.2, 0.25) is 0 Å². The second kappa shape index (κ2) is 12.9. The van der Waals surface area contributed by atoms with Crippen LogP contribution in [0.1, 0.15) is 37.8 Å². The third-order valence-corrected chi connectivity index (χ3v) is 4.84. The first kappa shape index (κ1) is 26.3. The number of amides is 1. The van der Waals surface area contributed by atoms with Gasteiger partial charge in [-0.1, -0.05) is 26.0 Å². The lowest BCUT2D eigenvalue weighted by Gasteiger charge is -2.21. The largest absolute Gasteiger partial charge is 0.493 e. The van der Waals surface area contributed by atoms with Crippen LogP contribution in [0, 0.1) is 0 Å². The fourth-order valence-corrected chi connectivity index (χ4v) is 3.26. The average molecular weight is 465 g/mol. The van der Waals surface area contributed by atoms with Crippen molar-refractivity contribution < 1.29 is 27.4 Å². The molecule has 0 radical (unpaired) electrons. The van der Waals surface area contributed by atoms with Crippen LogP contribution >= 0.6 is 0 Å². The van der Waals surface area contributed by atoms with Gasteiger partial charge in [-0.3, -0.25) is 9.69 Å². The molecule has 1 amide bonds. The summed E-state index contributed by atoms with van der Waals surface area (Å²) < 4.78 is 49.2. The van der Waals surface area contributed by atoms with E-state index in [0.29, 0.717) is 29.4 Å². The first-order valence-electron chi connectivity index (χ1n) is 11.0. The van der Waals surface area contributed by atoms with Crippen molar-refractivity contribution in [3.63, 3.8) is 0 Å². The molecule has 0 fully saturated rings. The van der Waals surface area contributed by atoms with E-state index in [2.05, 4.69) is 24.1 Å². The van der Waals surface area contributed by atoms with Crippen LogP contribution in [0.25, 0.3) is 6.08 Å². The normalized spacial score (nSPS) is 11.7. The zero-order chi connectivity index (χ0) is 24.3. The Morgan fingerprint density at radius 1 is 1.00 bits per heavy atom. The summed E-state index contributed by atoms with van der Waals surface area (Å²) in [5, 5.41) is 2.73. The van der Waals surface area contributed by atoms with Crippen molar-refractivity contribution in [2.45, 2.75) is 32.9 Å². The van der Waals surface area contributed by atoms with Crippen LogP contribution in [0.4, 0.5) is 18.9 Å². The van der Waals surface area contributed by atoms with Gasteiger partial charge in [0, 0.05) is 24.4 Å². The van der Waals surface area contributed by atoms with E-state index < -0.39 is 17.6 Å². The molecule has 0 atom stereocenters. The molecular weight excluding hydrogens is 433 g/mol. The minimum absolute atomic E-state index is 0.414. The SMILES string of the molecule is CCCN(CCC)CCOc1cc(NC(=O)/C=C/c2ccc(C(F)(F)F)cc2)ccc1OC. The van der Waals surface area contributed by atoms with Crippen molar-refractivity contribution in [1.82, 2.24) is 4.90 Å². The van der Waals surface area contributed by atoms with Crippen molar-refractivity contribution in [2.24, 2.45) is 0 Å². The summed E-state index contributed by atoms with van der Waals surface area (Å²) >= 11 is 0. The van der Waals surface area contributed by atoms with Gasteiger partial charge in [0.25, 0.3) is 0 Å². The van der Waals surface area contributed by atoms with Gasteiger partial charge >= 0.3 is 6.18 Å². The van der Waals surface area contributed by atoms with Gasteiger partial charge in [0.1, 0.15) is 6.61 Å². The number of rotatable bonds is 12. The minimum atomic E-state index is -4.39. The van der Waals surface area contributed by atoms with Gasteiger partial charge in [-0.25, -0.2) is 0 Å². The van der Waals surface area contributed by atoms with Crippen molar-refractivity contribution in [3.05, 3.63) is 59.7 Å². The molecule has 0 aliphatic heterocycles. The smallest absolute Gasteiger partial charge is 0.416 e. The first-order valence-corrected chi connectivity index (χ1v) is 11.0. The Bertz CT molecular complexity index is 906. The quantitative estimate of drug-likeness (QED) is 0.400. The fourth-order valence-electron chi connectivity index (χ4n) is 3.26. The predicted molar refractivity (Wildman–Crippen MR) is 125 cm³/mol. The molecule has 0 saturated heterocycles. The highest BCUT2D eigenvalue weighted by Crippen LogP contribution is 2.31. The highest BCUT2D eigenvalue weighted by atomic mass is 19.4. The van der Waals surface area contributed by atoms with Crippen LogP contribution in [-0.4, -0.2) is 44.2 Å². The summed E-state index contributed by atoms with van der Waals surface area (Å²) in [6, 6.07) is 9.67. The lowest BCUT2D eigenvalue weighted by atomic mass is 10.1. The molecule has 2 rings (SSSR count). The van der Waals surface area contributed by atoms with Crippen LogP contribution in [0.3, 0.4) is 0 Å². The molecule has 0 aliphatic carbocycles. The van der Waals surface area contributed by atoms with E-state index in [4.69, 9.17) is 9.47 Å². The van der Waals surface area contributed by atoms with E-state index in [9.17, 15) is 18.0 Å². The van der Waals surface area contributed by atoms with E-state index in [-0.39, 0.29) is 0 Å². The molecule has 8 heteroatoms. The lowest BCUT2D eigenvalue weighted by molar-refractivity contribution is -0.137. The standard InChI is InChI=1S/C25H31F3N2O3/c1-4-14-30(15-5-2)16-17-33-23-18-21(11-12-22(23)32-3)29-24(31)13-8-19-6-9-20(10-7-19)25(26,27)28/h6-13,18H,4-5,14-17H2,1-3H3,(H,29,31)/b13-8+. The number of carbonyl (C=O) groups is 1. The average Bonchev–Trinajstić information content (AvgIpc) is 2.78. The maximum Gasteiger partial charge on any atom is 0.416 e. The summed E-state index contributed by atoms with van der Waals surface area (Å²) in [6.07, 6.45) is 0.473. The van der Waals surface area contributed by atoms with Gasteiger partial charge in [0.05, 0.1) is 12.7 Å². The van der Waals surface area contributed by atoms with Crippen LogP contribution < -0.4 is 14.8 Å². The van der Waals surface area contributed by atoms with Crippen LogP contribution in [0.5, 0.6) is 11.5 Å². The number of halogens is 3. The number of nitrogens with one attached hydrogen (secondary N) is 1. The number of carbonyl (C=O) groups excluding carboxylic acids is 1. The Morgan fingerprint density at radius 3 is 2.24 bits per heavy atom. The third-order valence-electron chi connectivity index (χ3n) is 4.84. The van der Waals surface area contributed by atoms with E-state index in [1.54, 1.807) is 25.3 Å². The topological polar surface area (TPSA) is 50.8 Å². The second-order valence-corrected chi connectivity index (χ2v) is 7.50. The molecule has 2 aromatic carbocycles. The van der Waals surface area contributed by atoms with Crippen molar-refractivity contribution in [3.8, 4) is 11.5 Å². The molecule has 5 nitrogen and oxygen atoms in total. The van der Waals surface area contributed by atoms with Crippen LogP contribution in [0.15, 0.2) is 48.5 Å². The molecule has 180 valence electrons. The Hall–Kier alpha value is -3.00. The molecule has 0 bridgehead atoms. The van der Waals surface area contributed by atoms with Gasteiger partial charge < -0.3 is 14.8 Å². The number of alkyl halides is 3. The molecule has 1 N–H and O–H groups in total. The van der Waals surface area contributed by atoms with E-state index in [1.165, 1.54) is 24.3 Å². The highest BCUT2D eigenvalue weighted by molar-refractivity contribution is 6.02. The molecule has 2 aromatic rings. The van der Waals surface area contributed by atoms with Crippen LogP contribution in [-0.2, 0) is 11.0 Å².